The Morgan fingerprint density at radius 3 is 2.77 bits per heavy atom. The molecule has 1 fully saturated rings. The molecule has 2 aromatic heterocycles. The normalized spacial score (nSPS) is 18.3. The number of carbonyl (C=O) groups excluding carboxylic acids is 2. The van der Waals surface area contributed by atoms with E-state index in [1.54, 1.807) is 6.08 Å². The second-order valence-electron chi connectivity index (χ2n) is 9.73. The largest absolute Gasteiger partial charge is 0.379 e. The molecule has 39 heavy (non-hydrogen) atoms. The summed E-state index contributed by atoms with van der Waals surface area (Å²) in [6.07, 6.45) is 3.77. The molecule has 0 bridgehead atoms. The first-order chi connectivity index (χ1) is 18.9. The summed E-state index contributed by atoms with van der Waals surface area (Å²) in [6, 6.07) is 4.22. The number of H-pyrrole nitrogens is 1. The lowest BCUT2D eigenvalue weighted by Gasteiger charge is -2.32. The van der Waals surface area contributed by atoms with Gasteiger partial charge in [-0.15, -0.1) is 0 Å². The maximum Gasteiger partial charge on any atom is 0.257 e. The van der Waals surface area contributed by atoms with E-state index in [-0.39, 0.29) is 16.8 Å². The predicted molar refractivity (Wildman–Crippen MR) is 146 cm³/mol. The van der Waals surface area contributed by atoms with Gasteiger partial charge in [-0.05, 0) is 36.8 Å². The maximum absolute atomic E-state index is 13.6. The Morgan fingerprint density at radius 2 is 1.97 bits per heavy atom. The Morgan fingerprint density at radius 1 is 1.15 bits per heavy atom. The molecule has 0 saturated carbocycles. The number of halogens is 2. The predicted octanol–water partition coefficient (Wildman–Crippen LogP) is 3.47. The van der Waals surface area contributed by atoms with Gasteiger partial charge in [0.2, 0.25) is 0 Å². The number of ether oxygens (including phenoxy) is 1. The van der Waals surface area contributed by atoms with Crippen LogP contribution in [0, 0.1) is 12.7 Å². The fourth-order valence-corrected chi connectivity index (χ4v) is 5.40. The molecule has 12 heteroatoms. The molecule has 3 aromatic rings. The zero-order valence-electron chi connectivity index (χ0n) is 21.3. The van der Waals surface area contributed by atoms with Gasteiger partial charge >= 0.3 is 0 Å². The van der Waals surface area contributed by atoms with E-state index >= 15 is 0 Å². The van der Waals surface area contributed by atoms with Crippen LogP contribution in [0.15, 0.2) is 24.5 Å². The van der Waals surface area contributed by atoms with Crippen molar-refractivity contribution in [2.45, 2.75) is 13.3 Å². The summed E-state index contributed by atoms with van der Waals surface area (Å²) in [6.45, 7) is 7.22. The molecule has 1 saturated heterocycles. The molecule has 2 amide bonds. The zero-order chi connectivity index (χ0) is 27.1. The van der Waals surface area contributed by atoms with Crippen LogP contribution in [0.25, 0.3) is 11.6 Å². The maximum atomic E-state index is 13.6. The van der Waals surface area contributed by atoms with Crippen LogP contribution >= 0.6 is 11.6 Å². The molecule has 202 valence electrons. The fourth-order valence-electron chi connectivity index (χ4n) is 5.22. The van der Waals surface area contributed by atoms with E-state index in [9.17, 15) is 14.0 Å². The van der Waals surface area contributed by atoms with Gasteiger partial charge in [-0.1, -0.05) is 11.6 Å². The number of aromatic amines is 1. The molecule has 0 spiro atoms. The molecular weight excluding hydrogens is 525 g/mol. The zero-order valence-corrected chi connectivity index (χ0v) is 22.1. The van der Waals surface area contributed by atoms with Crippen molar-refractivity contribution in [1.82, 2.24) is 24.8 Å². The van der Waals surface area contributed by atoms with Crippen LogP contribution in [0.2, 0.25) is 5.02 Å². The van der Waals surface area contributed by atoms with Gasteiger partial charge in [-0.25, -0.2) is 14.4 Å². The number of nitrogens with one attached hydrogen (secondary N) is 3. The Bertz CT molecular complexity index is 1500. The Balaban J connectivity index is 1.28. The van der Waals surface area contributed by atoms with Crippen molar-refractivity contribution >= 4 is 52.4 Å². The number of rotatable bonds is 6. The van der Waals surface area contributed by atoms with Gasteiger partial charge in [-0.3, -0.25) is 14.5 Å². The highest BCUT2D eigenvalue weighted by molar-refractivity contribution is 6.35. The number of anilines is 3. The number of fused-ring (bicyclic) bond motifs is 2. The molecule has 3 aliphatic rings. The smallest absolute Gasteiger partial charge is 0.257 e. The molecule has 6 rings (SSSR count). The lowest BCUT2D eigenvalue weighted by atomic mass is 10.0. The van der Waals surface area contributed by atoms with Crippen molar-refractivity contribution < 1.29 is 18.7 Å². The third kappa shape index (κ3) is 4.88. The second kappa shape index (κ2) is 10.4. The van der Waals surface area contributed by atoms with Crippen molar-refractivity contribution in [3.63, 3.8) is 0 Å². The van der Waals surface area contributed by atoms with Gasteiger partial charge in [0.15, 0.2) is 0 Å². The lowest BCUT2D eigenvalue weighted by Crippen LogP contribution is -2.45. The molecule has 0 unspecified atom stereocenters. The van der Waals surface area contributed by atoms with Crippen molar-refractivity contribution in [2.75, 3.05) is 56.6 Å². The van der Waals surface area contributed by atoms with E-state index in [1.165, 1.54) is 24.5 Å². The van der Waals surface area contributed by atoms with E-state index in [2.05, 4.69) is 30.5 Å². The van der Waals surface area contributed by atoms with Crippen LogP contribution in [-0.2, 0) is 16.0 Å². The van der Waals surface area contributed by atoms with E-state index in [1.807, 2.05) is 11.8 Å². The second-order valence-corrected chi connectivity index (χ2v) is 10.1. The van der Waals surface area contributed by atoms with Crippen molar-refractivity contribution in [3.05, 3.63) is 63.4 Å². The van der Waals surface area contributed by atoms with Gasteiger partial charge < -0.3 is 25.3 Å². The summed E-state index contributed by atoms with van der Waals surface area (Å²) < 4.78 is 19.1. The molecule has 10 nitrogen and oxygen atoms in total. The van der Waals surface area contributed by atoms with E-state index in [0.29, 0.717) is 59.2 Å². The topological polar surface area (TPSA) is 115 Å². The molecule has 3 aliphatic heterocycles. The standard InChI is InChI=1S/C27H27ClFN7O3/c1-15-21(33-20-4-5-36(27(38)22(15)20)7-6-35-8-10-39-11-9-35)13-17-23-24(30-14-31-25(23)34-26(17)37)32-16-2-3-19(29)18(28)12-16/h2-3,12-14,33H,4-11H2,1H3,(H2,30,31,32,34,37)/b17-13-. The molecule has 3 N–H and O–H groups in total. The van der Waals surface area contributed by atoms with Crippen molar-refractivity contribution in [2.24, 2.45) is 0 Å². The van der Waals surface area contributed by atoms with Gasteiger partial charge in [0, 0.05) is 56.2 Å². The average molecular weight is 552 g/mol. The third-order valence-corrected chi connectivity index (χ3v) is 7.64. The number of hydrogen-bond donors (Lipinski definition) is 3. The summed E-state index contributed by atoms with van der Waals surface area (Å²) >= 11 is 5.94. The number of benzene rings is 1. The first-order valence-corrected chi connectivity index (χ1v) is 13.2. The number of amides is 2. The van der Waals surface area contributed by atoms with E-state index in [0.717, 1.165) is 44.1 Å². The van der Waals surface area contributed by atoms with Crippen LogP contribution < -0.4 is 10.6 Å². The SMILES string of the molecule is Cc1c(/C=C2\C(=O)Nc3ncnc(Nc4ccc(F)c(Cl)c4)c32)[nH]c2c1C(=O)N(CCN1CCOCC1)CC2. The van der Waals surface area contributed by atoms with Crippen molar-refractivity contribution in [3.8, 4) is 0 Å². The Hall–Kier alpha value is -3.80. The Kier molecular flexibility index (Phi) is 6.79. The van der Waals surface area contributed by atoms with Crippen LogP contribution in [0.5, 0.6) is 0 Å². The summed E-state index contributed by atoms with van der Waals surface area (Å²) in [5, 5.41) is 5.85. The third-order valence-electron chi connectivity index (χ3n) is 7.35. The Labute approximate surface area is 229 Å². The van der Waals surface area contributed by atoms with Crippen molar-refractivity contribution in [1.29, 1.82) is 0 Å². The number of aromatic nitrogens is 3. The summed E-state index contributed by atoms with van der Waals surface area (Å²) in [5.74, 6) is -0.148. The monoisotopic (exact) mass is 551 g/mol. The number of morpholine rings is 1. The lowest BCUT2D eigenvalue weighted by molar-refractivity contribution is -0.110. The molecular formula is C27H27ClFN7O3. The van der Waals surface area contributed by atoms with E-state index < -0.39 is 5.82 Å². The first kappa shape index (κ1) is 25.5. The molecule has 0 atom stereocenters. The average Bonchev–Trinajstić information content (AvgIpc) is 3.43. The highest BCUT2D eigenvalue weighted by Gasteiger charge is 2.32. The molecule has 5 heterocycles. The number of carbonyl (C=O) groups is 2. The highest BCUT2D eigenvalue weighted by Crippen LogP contribution is 2.38. The fraction of sp³-hybridized carbons (Fsp3) is 0.333. The minimum Gasteiger partial charge on any atom is -0.379 e. The molecule has 0 aliphatic carbocycles. The van der Waals surface area contributed by atoms with Crippen LogP contribution in [0.4, 0.5) is 21.7 Å². The minimum absolute atomic E-state index is 0.00180. The van der Waals surface area contributed by atoms with Gasteiger partial charge in [0.05, 0.1) is 34.9 Å². The van der Waals surface area contributed by atoms with E-state index in [4.69, 9.17) is 16.3 Å². The van der Waals surface area contributed by atoms with Crippen LogP contribution in [0.1, 0.15) is 32.9 Å². The molecule has 1 aromatic carbocycles. The number of hydrogen-bond acceptors (Lipinski definition) is 7. The van der Waals surface area contributed by atoms with Crippen LogP contribution in [0.3, 0.4) is 0 Å². The number of nitrogens with zero attached hydrogens (tertiary/aromatic N) is 4. The summed E-state index contributed by atoms with van der Waals surface area (Å²) in [7, 11) is 0. The van der Waals surface area contributed by atoms with Crippen LogP contribution in [-0.4, -0.2) is 82.5 Å². The van der Waals surface area contributed by atoms with Gasteiger partial charge in [0.1, 0.15) is 23.8 Å². The highest BCUT2D eigenvalue weighted by atomic mass is 35.5. The summed E-state index contributed by atoms with van der Waals surface area (Å²) in [4.78, 5) is 42.5. The van der Waals surface area contributed by atoms with Gasteiger partial charge in [0.25, 0.3) is 11.8 Å². The summed E-state index contributed by atoms with van der Waals surface area (Å²) in [5.41, 5.74) is 4.34. The first-order valence-electron chi connectivity index (χ1n) is 12.8. The minimum atomic E-state index is -0.534. The quantitative estimate of drug-likeness (QED) is 0.402. The molecule has 0 radical (unpaired) electrons. The van der Waals surface area contributed by atoms with Gasteiger partial charge in [-0.2, -0.15) is 0 Å².